The van der Waals surface area contributed by atoms with Crippen LogP contribution < -0.4 is 24.2 Å². The summed E-state index contributed by atoms with van der Waals surface area (Å²) in [6.07, 6.45) is -3.54. The molecule has 0 saturated heterocycles. The molecule has 0 unspecified atom stereocenters. The number of anilines is 2. The third-order valence-electron chi connectivity index (χ3n) is 3.79. The molecule has 0 aliphatic rings. The van der Waals surface area contributed by atoms with Crippen molar-refractivity contribution in [2.24, 2.45) is 0 Å². The summed E-state index contributed by atoms with van der Waals surface area (Å²) in [5, 5.41) is 3.45. The first-order chi connectivity index (χ1) is 13.8. The lowest BCUT2D eigenvalue weighted by Crippen LogP contribution is -2.18. The van der Waals surface area contributed by atoms with Gasteiger partial charge in [-0.1, -0.05) is 0 Å². The Hall–Kier alpha value is -2.92. The van der Waals surface area contributed by atoms with E-state index >= 15 is 0 Å². The number of hydrogen-bond donors (Lipinski definition) is 2. The van der Waals surface area contributed by atoms with Crippen molar-refractivity contribution in [2.75, 3.05) is 26.6 Å². The molecule has 0 radical (unpaired) electrons. The van der Waals surface area contributed by atoms with Crippen molar-refractivity contribution in [3.63, 3.8) is 0 Å². The van der Waals surface area contributed by atoms with E-state index in [1.54, 1.807) is 19.2 Å². The van der Waals surface area contributed by atoms with Crippen LogP contribution >= 0.6 is 11.9 Å². The van der Waals surface area contributed by atoms with Crippen LogP contribution in [0.1, 0.15) is 0 Å². The van der Waals surface area contributed by atoms with Crippen LogP contribution in [0.3, 0.4) is 0 Å². The molecular formula is C18H17F3N4O3S. The fourth-order valence-electron chi connectivity index (χ4n) is 2.61. The minimum atomic E-state index is -4.83. The van der Waals surface area contributed by atoms with Crippen molar-refractivity contribution in [3.05, 3.63) is 36.7 Å². The number of hydrogen-bond acceptors (Lipinski definition) is 8. The first kappa shape index (κ1) is 20.8. The van der Waals surface area contributed by atoms with Crippen LogP contribution in [0.25, 0.3) is 10.9 Å². The number of alkyl halides is 3. The van der Waals surface area contributed by atoms with Crippen molar-refractivity contribution in [1.82, 2.24) is 14.7 Å². The molecule has 0 atom stereocenters. The van der Waals surface area contributed by atoms with Gasteiger partial charge in [0, 0.05) is 16.3 Å². The topological polar surface area (TPSA) is 77.5 Å². The molecule has 3 rings (SSSR count). The molecule has 2 aromatic carbocycles. The van der Waals surface area contributed by atoms with Gasteiger partial charge in [0.05, 0.1) is 25.4 Å². The van der Waals surface area contributed by atoms with E-state index in [-0.39, 0.29) is 17.3 Å². The molecule has 0 aliphatic heterocycles. The van der Waals surface area contributed by atoms with Crippen LogP contribution in [0.5, 0.6) is 17.2 Å². The summed E-state index contributed by atoms with van der Waals surface area (Å²) in [5.41, 5.74) is 0.622. The highest BCUT2D eigenvalue weighted by Crippen LogP contribution is 2.38. The van der Waals surface area contributed by atoms with Crippen LogP contribution in [0.4, 0.5) is 24.7 Å². The minimum Gasteiger partial charge on any atom is -0.493 e. The van der Waals surface area contributed by atoms with Crippen LogP contribution in [0.2, 0.25) is 0 Å². The summed E-state index contributed by atoms with van der Waals surface area (Å²) < 4.78 is 56.0. The number of methoxy groups -OCH3 is 2. The van der Waals surface area contributed by atoms with Gasteiger partial charge in [0.2, 0.25) is 0 Å². The van der Waals surface area contributed by atoms with Gasteiger partial charge in [-0.05, 0) is 43.3 Å². The quantitative estimate of drug-likeness (QED) is 0.534. The van der Waals surface area contributed by atoms with Crippen molar-refractivity contribution in [2.45, 2.75) is 11.3 Å². The molecule has 0 fully saturated rings. The highest BCUT2D eigenvalue weighted by atomic mass is 32.2. The van der Waals surface area contributed by atoms with E-state index in [0.717, 1.165) is 0 Å². The van der Waals surface area contributed by atoms with E-state index in [9.17, 15) is 13.2 Å². The minimum absolute atomic E-state index is 0.0948. The van der Waals surface area contributed by atoms with Crippen LogP contribution in [0.15, 0.2) is 41.6 Å². The Morgan fingerprint density at radius 3 is 2.34 bits per heavy atom. The Labute approximate surface area is 168 Å². The number of nitrogens with zero attached hydrogens (tertiary/aromatic N) is 2. The first-order valence-electron chi connectivity index (χ1n) is 8.21. The molecule has 29 heavy (non-hydrogen) atoms. The first-order valence-corrected chi connectivity index (χ1v) is 9.03. The van der Waals surface area contributed by atoms with Crippen molar-refractivity contribution >= 4 is 34.4 Å². The average Bonchev–Trinajstić information content (AvgIpc) is 2.68. The summed E-state index contributed by atoms with van der Waals surface area (Å²) in [5.74, 6) is 0.807. The van der Waals surface area contributed by atoms with Gasteiger partial charge in [0.1, 0.15) is 12.1 Å². The lowest BCUT2D eigenvalue weighted by atomic mass is 10.2. The van der Waals surface area contributed by atoms with E-state index in [1.165, 1.54) is 50.7 Å². The summed E-state index contributed by atoms with van der Waals surface area (Å²) >= 11 is 1.25. The second-order valence-corrected chi connectivity index (χ2v) is 6.67. The number of benzene rings is 2. The lowest BCUT2D eigenvalue weighted by Gasteiger charge is -2.16. The summed E-state index contributed by atoms with van der Waals surface area (Å²) in [7, 11) is 4.68. The largest absolute Gasteiger partial charge is 0.573 e. The molecule has 1 aromatic heterocycles. The smallest absolute Gasteiger partial charge is 0.493 e. The number of rotatable bonds is 7. The Morgan fingerprint density at radius 2 is 1.69 bits per heavy atom. The van der Waals surface area contributed by atoms with Gasteiger partial charge < -0.3 is 19.5 Å². The van der Waals surface area contributed by atoms with Gasteiger partial charge in [-0.3, -0.25) is 4.72 Å². The molecule has 2 N–H and O–H groups in total. The lowest BCUT2D eigenvalue weighted by molar-refractivity contribution is -0.274. The number of nitrogens with one attached hydrogen (secondary N) is 2. The number of aromatic nitrogens is 2. The van der Waals surface area contributed by atoms with Gasteiger partial charge in [0.25, 0.3) is 0 Å². The summed E-state index contributed by atoms with van der Waals surface area (Å²) in [6.45, 7) is 0. The molecule has 3 aromatic rings. The van der Waals surface area contributed by atoms with Crippen LogP contribution in [-0.4, -0.2) is 37.6 Å². The molecule has 0 saturated carbocycles. The van der Waals surface area contributed by atoms with Gasteiger partial charge in [-0.25, -0.2) is 9.97 Å². The number of fused-ring (bicyclic) bond motifs is 1. The summed E-state index contributed by atoms with van der Waals surface area (Å²) in [6, 6.07) is 7.58. The summed E-state index contributed by atoms with van der Waals surface area (Å²) in [4.78, 5) is 9.04. The molecule has 11 heteroatoms. The van der Waals surface area contributed by atoms with E-state index in [4.69, 9.17) is 9.47 Å². The molecule has 0 amide bonds. The van der Waals surface area contributed by atoms with Crippen LogP contribution in [0, 0.1) is 0 Å². The highest BCUT2D eigenvalue weighted by Gasteiger charge is 2.32. The second-order valence-electron chi connectivity index (χ2n) is 5.58. The number of halogens is 3. The van der Waals surface area contributed by atoms with Gasteiger partial charge in [0.15, 0.2) is 17.2 Å². The molecule has 0 aliphatic carbocycles. The third-order valence-corrected chi connectivity index (χ3v) is 4.48. The zero-order valence-corrected chi connectivity index (χ0v) is 16.4. The maximum atomic E-state index is 12.8. The van der Waals surface area contributed by atoms with Crippen molar-refractivity contribution in [3.8, 4) is 17.2 Å². The fourth-order valence-corrected chi connectivity index (χ4v) is 3.16. The SMILES string of the molecule is CNSc1ccc(OC(F)(F)F)c(Nc2ncnc3cc(OC)c(OC)cc23)c1. The Balaban J connectivity index is 2.08. The Morgan fingerprint density at radius 1 is 0.966 bits per heavy atom. The maximum Gasteiger partial charge on any atom is 0.573 e. The molecule has 154 valence electrons. The van der Waals surface area contributed by atoms with Crippen molar-refractivity contribution < 1.29 is 27.4 Å². The maximum absolute atomic E-state index is 12.8. The second kappa shape index (κ2) is 8.62. The normalized spacial score (nSPS) is 11.4. The van der Waals surface area contributed by atoms with Gasteiger partial charge >= 0.3 is 6.36 Å². The number of ether oxygens (including phenoxy) is 3. The predicted octanol–water partition coefficient (Wildman–Crippen LogP) is 4.52. The zero-order chi connectivity index (χ0) is 21.0. The van der Waals surface area contributed by atoms with E-state index in [2.05, 4.69) is 24.7 Å². The van der Waals surface area contributed by atoms with Crippen LogP contribution in [-0.2, 0) is 0 Å². The molecule has 1 heterocycles. The van der Waals surface area contributed by atoms with Gasteiger partial charge in [-0.15, -0.1) is 13.2 Å². The fraction of sp³-hybridized carbons (Fsp3) is 0.222. The van der Waals surface area contributed by atoms with Crippen molar-refractivity contribution in [1.29, 1.82) is 0 Å². The molecular weight excluding hydrogens is 409 g/mol. The standard InChI is InChI=1S/C18H17F3N4O3S/c1-22-29-10-4-5-14(28-18(19,20)21)13(6-10)25-17-11-7-15(26-2)16(27-3)8-12(11)23-9-24-17/h4-9,22H,1-3H3,(H,23,24,25). The average molecular weight is 426 g/mol. The Kier molecular flexibility index (Phi) is 6.18. The molecule has 0 spiro atoms. The molecule has 7 nitrogen and oxygen atoms in total. The Bertz CT molecular complexity index is 1020. The predicted molar refractivity (Wildman–Crippen MR) is 104 cm³/mol. The highest BCUT2D eigenvalue weighted by molar-refractivity contribution is 7.97. The third kappa shape index (κ3) is 4.93. The zero-order valence-electron chi connectivity index (χ0n) is 15.6. The van der Waals surface area contributed by atoms with E-state index in [0.29, 0.717) is 27.3 Å². The molecule has 0 bridgehead atoms. The van der Waals surface area contributed by atoms with Gasteiger partial charge in [-0.2, -0.15) is 0 Å². The van der Waals surface area contributed by atoms with E-state index in [1.807, 2.05) is 0 Å². The van der Waals surface area contributed by atoms with E-state index < -0.39 is 6.36 Å². The monoisotopic (exact) mass is 426 g/mol.